The van der Waals surface area contributed by atoms with Gasteiger partial charge in [-0.3, -0.25) is 0 Å². The summed E-state index contributed by atoms with van der Waals surface area (Å²) in [5.74, 6) is 0. The van der Waals surface area contributed by atoms with Gasteiger partial charge >= 0.3 is 26.2 Å². The fourth-order valence-corrected chi connectivity index (χ4v) is 11.9. The summed E-state index contributed by atoms with van der Waals surface area (Å²) in [7, 11) is -0.0504. The van der Waals surface area contributed by atoms with Crippen LogP contribution in [-0.4, -0.2) is 22.6 Å². The molecule has 0 N–H and O–H groups in total. The number of hydrogen-bond acceptors (Lipinski definition) is 0. The van der Waals surface area contributed by atoms with Crippen LogP contribution in [0.3, 0.4) is 0 Å². The van der Waals surface area contributed by atoms with Gasteiger partial charge in [0.25, 0.3) is 0 Å². The molecule has 3 heteroatoms. The van der Waals surface area contributed by atoms with E-state index in [1.165, 1.54) is 47.2 Å². The molecule has 0 aromatic heterocycles. The van der Waals surface area contributed by atoms with Gasteiger partial charge in [-0.05, 0) is 55.2 Å². The topological polar surface area (TPSA) is 0 Å². The Bertz CT molecular complexity index is 1130. The first-order valence-corrected chi connectivity index (χ1v) is 18.8. The largest absolute Gasteiger partial charge is 2.00 e. The predicted molar refractivity (Wildman–Crippen MR) is 196 cm³/mol. The van der Waals surface area contributed by atoms with E-state index in [2.05, 4.69) is 135 Å². The Morgan fingerprint density at radius 3 is 1.21 bits per heavy atom. The van der Waals surface area contributed by atoms with Gasteiger partial charge in [-0.25, -0.2) is 0 Å². The second kappa shape index (κ2) is 20.8. The van der Waals surface area contributed by atoms with E-state index in [0.717, 1.165) is 22.6 Å². The van der Waals surface area contributed by atoms with E-state index in [1.54, 1.807) is 16.7 Å². The maximum Gasteiger partial charge on any atom is 2.00 e. The Labute approximate surface area is 280 Å². The summed E-state index contributed by atoms with van der Waals surface area (Å²) in [6, 6.07) is 27.2. The molecular formula is C39H56P2Zr. The van der Waals surface area contributed by atoms with Gasteiger partial charge < -0.3 is 0 Å². The van der Waals surface area contributed by atoms with Gasteiger partial charge in [0.05, 0.1) is 0 Å². The number of rotatable bonds is 11. The fraction of sp³-hybridized carbons (Fsp3) is 0.436. The van der Waals surface area contributed by atoms with Gasteiger partial charge in [-0.15, -0.1) is 80.7 Å². The van der Waals surface area contributed by atoms with Crippen molar-refractivity contribution < 1.29 is 26.2 Å². The molecule has 0 bridgehead atoms. The van der Waals surface area contributed by atoms with Gasteiger partial charge in [0, 0.05) is 0 Å². The standard InChI is InChI=1S/2C17H24P.C5H8.Zr/c2*1-5-13(3)18(14(4)6-2)17-11-15-9-7-8-10-16(15)12-17;1-3-5-4-2;/h2*7-14H,5-6H2,1-4H3;3-5H,1H2,2H3;/q2*-1;;+2. The minimum Gasteiger partial charge on any atom is -0.161 e. The van der Waals surface area contributed by atoms with Crippen molar-refractivity contribution in [2.24, 2.45) is 0 Å². The summed E-state index contributed by atoms with van der Waals surface area (Å²) < 4.78 is 0. The molecule has 4 aromatic carbocycles. The summed E-state index contributed by atoms with van der Waals surface area (Å²) >= 11 is 0. The third kappa shape index (κ3) is 11.1. The zero-order valence-electron chi connectivity index (χ0n) is 27.9. The normalized spacial score (nSPS) is 15.4. The molecule has 0 radical (unpaired) electrons. The van der Waals surface area contributed by atoms with Crippen LogP contribution in [0.15, 0.2) is 97.6 Å². The monoisotopic (exact) mass is 676 g/mol. The molecule has 226 valence electrons. The van der Waals surface area contributed by atoms with Crippen LogP contribution in [0, 0.1) is 0 Å². The minimum absolute atomic E-state index is 0. The Balaban J connectivity index is 0.000000355. The Hall–Kier alpha value is -1.12. The van der Waals surface area contributed by atoms with Gasteiger partial charge in [-0.2, -0.15) is 12.1 Å². The number of allylic oxidation sites excluding steroid dienone is 3. The van der Waals surface area contributed by atoms with Gasteiger partial charge in [0.15, 0.2) is 0 Å². The van der Waals surface area contributed by atoms with Crippen LogP contribution in [0.1, 0.15) is 88.0 Å². The van der Waals surface area contributed by atoms with Crippen LogP contribution < -0.4 is 10.6 Å². The predicted octanol–water partition coefficient (Wildman–Crippen LogP) is 12.3. The third-order valence-corrected chi connectivity index (χ3v) is 15.4. The summed E-state index contributed by atoms with van der Waals surface area (Å²) in [6.45, 7) is 24.4. The van der Waals surface area contributed by atoms with E-state index < -0.39 is 0 Å². The fourth-order valence-electron chi connectivity index (χ4n) is 5.38. The van der Waals surface area contributed by atoms with E-state index in [9.17, 15) is 0 Å². The molecule has 0 saturated carbocycles. The molecule has 4 aromatic rings. The van der Waals surface area contributed by atoms with Crippen LogP contribution in [0.4, 0.5) is 0 Å². The summed E-state index contributed by atoms with van der Waals surface area (Å²) in [5.41, 5.74) is 3.30. The van der Waals surface area contributed by atoms with Gasteiger partial charge in [0.1, 0.15) is 0 Å². The smallest absolute Gasteiger partial charge is 0.161 e. The summed E-state index contributed by atoms with van der Waals surface area (Å²) in [4.78, 5) is 0. The van der Waals surface area contributed by atoms with Crippen LogP contribution >= 0.6 is 15.8 Å². The van der Waals surface area contributed by atoms with Crippen molar-refractivity contribution in [3.05, 3.63) is 97.6 Å². The van der Waals surface area contributed by atoms with Crippen molar-refractivity contribution in [1.82, 2.24) is 0 Å². The zero-order chi connectivity index (χ0) is 30.4. The van der Waals surface area contributed by atoms with Crippen LogP contribution in [0.5, 0.6) is 0 Å². The quantitative estimate of drug-likeness (QED) is 0.0842. The molecule has 0 aliphatic rings. The molecule has 0 fully saturated rings. The molecule has 42 heavy (non-hydrogen) atoms. The number of hydrogen-bond donors (Lipinski definition) is 0. The van der Waals surface area contributed by atoms with Crippen LogP contribution in [0.25, 0.3) is 21.5 Å². The molecule has 0 spiro atoms. The Kier molecular flexibility index (Phi) is 19.2. The van der Waals surface area contributed by atoms with E-state index in [0.29, 0.717) is 0 Å². The minimum atomic E-state index is -0.0252. The maximum absolute atomic E-state index is 3.46. The average Bonchev–Trinajstić information content (AvgIpc) is 3.62. The molecule has 0 aliphatic heterocycles. The van der Waals surface area contributed by atoms with Crippen LogP contribution in [-0.2, 0) is 26.2 Å². The molecule has 0 nitrogen and oxygen atoms in total. The number of benzene rings is 2. The van der Waals surface area contributed by atoms with Crippen molar-refractivity contribution in [3.8, 4) is 0 Å². The zero-order valence-corrected chi connectivity index (χ0v) is 32.1. The Morgan fingerprint density at radius 1 is 0.643 bits per heavy atom. The average molecular weight is 678 g/mol. The first-order chi connectivity index (χ1) is 19.8. The van der Waals surface area contributed by atoms with Crippen molar-refractivity contribution in [2.45, 2.75) is 111 Å². The van der Waals surface area contributed by atoms with E-state index >= 15 is 0 Å². The summed E-state index contributed by atoms with van der Waals surface area (Å²) in [5, 5.41) is 8.85. The molecule has 0 heterocycles. The maximum atomic E-state index is 3.46. The Morgan fingerprint density at radius 2 is 0.976 bits per heavy atom. The molecule has 4 atom stereocenters. The van der Waals surface area contributed by atoms with E-state index in [1.807, 2.05) is 19.1 Å². The molecular weight excluding hydrogens is 622 g/mol. The molecule has 4 unspecified atom stereocenters. The van der Waals surface area contributed by atoms with Crippen molar-refractivity contribution in [2.75, 3.05) is 0 Å². The SMILES string of the molecule is C=CC=CC.CCC(C)P(c1cc2ccccc2[cH-]1)C(C)CC.CCC(C)P(c1cc2ccccc2[cH-]1)C(C)CC.[Zr+2]. The van der Waals surface area contributed by atoms with E-state index in [4.69, 9.17) is 0 Å². The van der Waals surface area contributed by atoms with E-state index in [-0.39, 0.29) is 42.0 Å². The molecule has 0 aliphatic carbocycles. The van der Waals surface area contributed by atoms with Gasteiger partial charge in [0.2, 0.25) is 0 Å². The third-order valence-electron chi connectivity index (χ3n) is 8.39. The molecule has 0 amide bonds. The van der Waals surface area contributed by atoms with Crippen molar-refractivity contribution >= 4 is 48.0 Å². The first kappa shape index (κ1) is 38.9. The molecule has 4 rings (SSSR count). The molecule has 0 saturated heterocycles. The summed E-state index contributed by atoms with van der Waals surface area (Å²) in [6.07, 6.45) is 10.7. The second-order valence-electron chi connectivity index (χ2n) is 11.3. The van der Waals surface area contributed by atoms with Crippen molar-refractivity contribution in [1.29, 1.82) is 0 Å². The van der Waals surface area contributed by atoms with Gasteiger partial charge in [-0.1, -0.05) is 108 Å². The van der Waals surface area contributed by atoms with Crippen LogP contribution in [0.2, 0.25) is 0 Å². The number of fused-ring (bicyclic) bond motifs is 2. The second-order valence-corrected chi connectivity index (χ2v) is 17.5. The first-order valence-electron chi connectivity index (χ1n) is 15.9. The van der Waals surface area contributed by atoms with Crippen molar-refractivity contribution in [3.63, 3.8) is 0 Å².